The van der Waals surface area contributed by atoms with Crippen molar-refractivity contribution >= 4 is 17.6 Å². The Bertz CT molecular complexity index is 552. The largest absolute Gasteiger partial charge is 0.459 e. The average Bonchev–Trinajstić information content (AvgIpc) is 2.80. The number of carbonyl (C=O) groups excluding carboxylic acids is 1. The molecule has 0 amide bonds. The molecule has 0 aliphatic heterocycles. The number of halogens is 1. The van der Waals surface area contributed by atoms with Gasteiger partial charge in [-0.2, -0.15) is 0 Å². The van der Waals surface area contributed by atoms with Crippen LogP contribution in [0, 0.1) is 0 Å². The molecular formula is C12H12ClN3O2. The Morgan fingerprint density at radius 2 is 2.00 bits per heavy atom. The van der Waals surface area contributed by atoms with Gasteiger partial charge in [-0.25, -0.2) is 4.79 Å². The van der Waals surface area contributed by atoms with Gasteiger partial charge in [-0.05, 0) is 32.0 Å². The Morgan fingerprint density at radius 3 is 2.61 bits per heavy atom. The van der Waals surface area contributed by atoms with Gasteiger partial charge >= 0.3 is 5.97 Å². The molecule has 0 atom stereocenters. The second-order valence-electron chi connectivity index (χ2n) is 3.98. The second kappa shape index (κ2) is 5.18. The molecule has 1 heterocycles. The number of aromatic nitrogens is 3. The zero-order chi connectivity index (χ0) is 13.1. The van der Waals surface area contributed by atoms with E-state index >= 15 is 0 Å². The van der Waals surface area contributed by atoms with E-state index in [1.165, 1.54) is 12.7 Å². The maximum absolute atomic E-state index is 12.0. The molecule has 94 valence electrons. The molecule has 5 nitrogen and oxygen atoms in total. The van der Waals surface area contributed by atoms with Crippen LogP contribution in [0.4, 0.5) is 0 Å². The van der Waals surface area contributed by atoms with Gasteiger partial charge in [0.2, 0.25) is 0 Å². The van der Waals surface area contributed by atoms with Crippen LogP contribution in [0.5, 0.6) is 0 Å². The van der Waals surface area contributed by atoms with Gasteiger partial charge in [-0.15, -0.1) is 10.2 Å². The maximum Gasteiger partial charge on any atom is 0.340 e. The highest BCUT2D eigenvalue weighted by atomic mass is 35.5. The molecule has 0 radical (unpaired) electrons. The summed E-state index contributed by atoms with van der Waals surface area (Å²) in [7, 11) is 0. The molecule has 6 heteroatoms. The van der Waals surface area contributed by atoms with Crippen LogP contribution in [0.2, 0.25) is 5.02 Å². The van der Waals surface area contributed by atoms with Crippen molar-refractivity contribution in [3.8, 4) is 5.69 Å². The molecule has 1 aromatic heterocycles. The van der Waals surface area contributed by atoms with Crippen molar-refractivity contribution < 1.29 is 9.53 Å². The van der Waals surface area contributed by atoms with Gasteiger partial charge in [0.05, 0.1) is 17.4 Å². The smallest absolute Gasteiger partial charge is 0.340 e. The second-order valence-corrected chi connectivity index (χ2v) is 4.42. The zero-order valence-corrected chi connectivity index (χ0v) is 10.8. The molecule has 2 rings (SSSR count). The number of carbonyl (C=O) groups is 1. The fourth-order valence-electron chi connectivity index (χ4n) is 1.49. The van der Waals surface area contributed by atoms with Crippen molar-refractivity contribution in [1.29, 1.82) is 0 Å². The van der Waals surface area contributed by atoms with Crippen LogP contribution in [0.1, 0.15) is 24.2 Å². The first-order chi connectivity index (χ1) is 8.58. The number of hydrogen-bond acceptors (Lipinski definition) is 4. The summed E-state index contributed by atoms with van der Waals surface area (Å²) in [4.78, 5) is 12.0. The fourth-order valence-corrected chi connectivity index (χ4v) is 1.66. The number of nitrogens with zero attached hydrogens (tertiary/aromatic N) is 3. The van der Waals surface area contributed by atoms with Gasteiger partial charge in [0.25, 0.3) is 0 Å². The summed E-state index contributed by atoms with van der Waals surface area (Å²) < 4.78 is 6.79. The summed E-state index contributed by atoms with van der Waals surface area (Å²) in [6.07, 6.45) is 2.82. The SMILES string of the molecule is CC(C)OC(=O)c1ccc(Cl)cc1-n1cnnc1. The van der Waals surface area contributed by atoms with E-state index in [9.17, 15) is 4.79 Å². The molecule has 0 spiro atoms. The highest BCUT2D eigenvalue weighted by Gasteiger charge is 2.16. The fraction of sp³-hybridized carbons (Fsp3) is 0.250. The van der Waals surface area contributed by atoms with Crippen LogP contribution in [0.25, 0.3) is 5.69 Å². The molecule has 1 aromatic carbocycles. The Balaban J connectivity index is 2.44. The molecule has 0 N–H and O–H groups in total. The first-order valence-corrected chi connectivity index (χ1v) is 5.81. The third kappa shape index (κ3) is 2.68. The highest BCUT2D eigenvalue weighted by molar-refractivity contribution is 6.30. The summed E-state index contributed by atoms with van der Waals surface area (Å²) in [6.45, 7) is 3.60. The van der Waals surface area contributed by atoms with Crippen molar-refractivity contribution in [3.05, 3.63) is 41.4 Å². The first-order valence-electron chi connectivity index (χ1n) is 5.43. The number of ether oxygens (including phenoxy) is 1. The minimum absolute atomic E-state index is 0.179. The predicted octanol–water partition coefficient (Wildman–Crippen LogP) is 2.49. The quantitative estimate of drug-likeness (QED) is 0.800. The molecule has 0 saturated carbocycles. The minimum Gasteiger partial charge on any atom is -0.459 e. The normalized spacial score (nSPS) is 10.7. The molecular weight excluding hydrogens is 254 g/mol. The van der Waals surface area contributed by atoms with Crippen LogP contribution in [-0.4, -0.2) is 26.8 Å². The van der Waals surface area contributed by atoms with E-state index in [1.807, 2.05) is 0 Å². The van der Waals surface area contributed by atoms with Gasteiger partial charge in [-0.1, -0.05) is 11.6 Å². The van der Waals surface area contributed by atoms with E-state index in [1.54, 1.807) is 36.6 Å². The van der Waals surface area contributed by atoms with Gasteiger partial charge in [0.1, 0.15) is 12.7 Å². The van der Waals surface area contributed by atoms with Crippen LogP contribution in [0.15, 0.2) is 30.9 Å². The molecule has 0 bridgehead atoms. The first kappa shape index (κ1) is 12.6. The molecule has 0 aliphatic carbocycles. The molecule has 0 unspecified atom stereocenters. The Hall–Kier alpha value is -1.88. The van der Waals surface area contributed by atoms with Gasteiger partial charge < -0.3 is 4.74 Å². The molecule has 2 aromatic rings. The Morgan fingerprint density at radius 1 is 1.33 bits per heavy atom. The van der Waals surface area contributed by atoms with E-state index in [0.717, 1.165) is 0 Å². The number of esters is 1. The summed E-state index contributed by atoms with van der Waals surface area (Å²) in [6, 6.07) is 4.94. The van der Waals surface area contributed by atoms with Gasteiger partial charge in [-0.3, -0.25) is 4.57 Å². The van der Waals surface area contributed by atoms with Crippen LogP contribution in [0.3, 0.4) is 0 Å². The lowest BCUT2D eigenvalue weighted by Gasteiger charge is -2.12. The predicted molar refractivity (Wildman–Crippen MR) is 66.9 cm³/mol. The molecule has 0 aliphatic rings. The number of rotatable bonds is 3. The van der Waals surface area contributed by atoms with E-state index in [2.05, 4.69) is 10.2 Å². The van der Waals surface area contributed by atoms with E-state index in [-0.39, 0.29) is 6.10 Å². The molecule has 0 saturated heterocycles. The lowest BCUT2D eigenvalue weighted by molar-refractivity contribution is 0.0378. The number of hydrogen-bond donors (Lipinski definition) is 0. The maximum atomic E-state index is 12.0. The summed E-state index contributed by atoms with van der Waals surface area (Å²) in [5.41, 5.74) is 1.02. The summed E-state index contributed by atoms with van der Waals surface area (Å²) in [5.74, 6) is -0.398. The van der Waals surface area contributed by atoms with Crippen molar-refractivity contribution in [2.24, 2.45) is 0 Å². The Labute approximate surface area is 109 Å². The topological polar surface area (TPSA) is 57.0 Å². The van der Waals surface area contributed by atoms with Crippen molar-refractivity contribution in [2.75, 3.05) is 0 Å². The van der Waals surface area contributed by atoms with E-state index in [0.29, 0.717) is 16.3 Å². The third-order valence-electron chi connectivity index (χ3n) is 2.22. The van der Waals surface area contributed by atoms with Crippen molar-refractivity contribution in [2.45, 2.75) is 20.0 Å². The van der Waals surface area contributed by atoms with Crippen molar-refractivity contribution in [1.82, 2.24) is 14.8 Å². The summed E-state index contributed by atoms with van der Waals surface area (Å²) >= 11 is 5.94. The minimum atomic E-state index is -0.398. The van der Waals surface area contributed by atoms with Crippen LogP contribution in [-0.2, 0) is 4.74 Å². The average molecular weight is 266 g/mol. The molecule has 0 fully saturated rings. The lowest BCUT2D eigenvalue weighted by Crippen LogP contribution is -2.14. The zero-order valence-electron chi connectivity index (χ0n) is 10.0. The third-order valence-corrected chi connectivity index (χ3v) is 2.45. The highest BCUT2D eigenvalue weighted by Crippen LogP contribution is 2.21. The molecule has 18 heavy (non-hydrogen) atoms. The van der Waals surface area contributed by atoms with Gasteiger partial charge in [0, 0.05) is 5.02 Å². The Kier molecular flexibility index (Phi) is 3.62. The van der Waals surface area contributed by atoms with E-state index < -0.39 is 5.97 Å². The summed E-state index contributed by atoms with van der Waals surface area (Å²) in [5, 5.41) is 7.94. The number of benzene rings is 1. The van der Waals surface area contributed by atoms with Crippen LogP contribution >= 0.6 is 11.6 Å². The monoisotopic (exact) mass is 265 g/mol. The van der Waals surface area contributed by atoms with Gasteiger partial charge in [0.15, 0.2) is 0 Å². The van der Waals surface area contributed by atoms with Crippen LogP contribution < -0.4 is 0 Å². The lowest BCUT2D eigenvalue weighted by atomic mass is 10.1. The van der Waals surface area contributed by atoms with Crippen molar-refractivity contribution in [3.63, 3.8) is 0 Å². The standard InChI is InChI=1S/C12H12ClN3O2/c1-8(2)18-12(17)10-4-3-9(13)5-11(10)16-6-14-15-7-16/h3-8H,1-2H3. The van der Waals surface area contributed by atoms with E-state index in [4.69, 9.17) is 16.3 Å².